The molecule has 0 spiro atoms. The molecule has 3 nitrogen and oxygen atoms in total. The first-order valence-electron chi connectivity index (χ1n) is 6.94. The maximum Gasteiger partial charge on any atom is 0.122 e. The second-order valence-electron chi connectivity index (χ2n) is 5.53. The minimum atomic E-state index is -0.565. The minimum Gasteiger partial charge on any atom is -0.491 e. The molecule has 0 saturated heterocycles. The number of rotatable bonds is 9. The van der Waals surface area contributed by atoms with E-state index in [4.69, 9.17) is 4.74 Å². The third-order valence-corrected chi connectivity index (χ3v) is 5.89. The first-order valence-corrected chi connectivity index (χ1v) is 10.6. The van der Waals surface area contributed by atoms with Crippen molar-refractivity contribution >= 4 is 63.7 Å². The normalized spacial score (nSPS) is 14.7. The van der Waals surface area contributed by atoms with E-state index in [-0.39, 0.29) is 11.1 Å². The summed E-state index contributed by atoms with van der Waals surface area (Å²) in [5, 5.41) is 14.1. The van der Waals surface area contributed by atoms with Gasteiger partial charge in [0.15, 0.2) is 0 Å². The molecule has 0 fully saturated rings. The van der Waals surface area contributed by atoms with Crippen molar-refractivity contribution in [2.75, 3.05) is 18.5 Å². The van der Waals surface area contributed by atoms with Crippen LogP contribution in [0, 0.1) is 0 Å². The van der Waals surface area contributed by atoms with Crippen LogP contribution in [0.15, 0.2) is 22.7 Å². The van der Waals surface area contributed by atoms with Gasteiger partial charge < -0.3 is 15.2 Å². The molecule has 2 atom stereocenters. The molecule has 0 aliphatic carbocycles. The largest absolute Gasteiger partial charge is 0.491 e. The quantitative estimate of drug-likeness (QED) is 0.339. The number of alkyl halides is 3. The summed E-state index contributed by atoms with van der Waals surface area (Å²) in [6, 6.07) is 5.93. The number of ether oxygens (including phenoxy) is 1. The fraction of sp³-hybridized carbons (Fsp3) is 0.600. The lowest BCUT2D eigenvalue weighted by Crippen LogP contribution is -2.40. The van der Waals surface area contributed by atoms with Gasteiger partial charge in [-0.15, -0.1) is 0 Å². The Morgan fingerprint density at radius 1 is 1.36 bits per heavy atom. The van der Waals surface area contributed by atoms with Gasteiger partial charge >= 0.3 is 0 Å². The van der Waals surface area contributed by atoms with Crippen molar-refractivity contribution in [2.45, 2.75) is 35.6 Å². The fourth-order valence-corrected chi connectivity index (χ4v) is 2.90. The molecule has 0 bridgehead atoms. The molecule has 1 aromatic carbocycles. The molecule has 0 radical (unpaired) electrons. The lowest BCUT2D eigenvalue weighted by molar-refractivity contribution is 0.103. The zero-order valence-electron chi connectivity index (χ0n) is 12.6. The molecule has 126 valence electrons. The van der Waals surface area contributed by atoms with Gasteiger partial charge in [0.25, 0.3) is 0 Å². The van der Waals surface area contributed by atoms with E-state index in [1.165, 1.54) is 0 Å². The van der Waals surface area contributed by atoms with Gasteiger partial charge in [0.05, 0.1) is 4.45 Å². The van der Waals surface area contributed by atoms with Gasteiger partial charge in [-0.05, 0) is 44.0 Å². The number of nitrogens with one attached hydrogen (secondary N) is 1. The lowest BCUT2D eigenvalue weighted by Gasteiger charge is -2.22. The van der Waals surface area contributed by atoms with E-state index in [2.05, 4.69) is 75.1 Å². The molecule has 0 aromatic heterocycles. The van der Waals surface area contributed by atoms with Crippen molar-refractivity contribution in [3.05, 3.63) is 28.2 Å². The predicted octanol–water partition coefficient (Wildman–Crippen LogP) is 4.61. The summed E-state index contributed by atoms with van der Waals surface area (Å²) in [4.78, 5) is 0.338. The molecule has 0 aliphatic rings. The Morgan fingerprint density at radius 3 is 2.64 bits per heavy atom. The monoisotopic (exact) mass is 563 g/mol. The lowest BCUT2D eigenvalue weighted by atomic mass is 10.1. The highest BCUT2D eigenvalue weighted by atomic mass is 79.9. The Hall–Kier alpha value is 0.860. The van der Waals surface area contributed by atoms with Crippen LogP contribution >= 0.6 is 63.7 Å². The maximum absolute atomic E-state index is 10.0. The maximum atomic E-state index is 10.0. The van der Waals surface area contributed by atoms with E-state index in [1.54, 1.807) is 0 Å². The van der Waals surface area contributed by atoms with Gasteiger partial charge in [-0.25, -0.2) is 0 Å². The van der Waals surface area contributed by atoms with E-state index in [1.807, 2.05) is 26.0 Å². The molecule has 1 rings (SSSR count). The Labute approximate surface area is 166 Å². The van der Waals surface area contributed by atoms with Gasteiger partial charge in [-0.3, -0.25) is 0 Å². The number of halogens is 4. The molecule has 0 amide bonds. The number of benzene rings is 1. The van der Waals surface area contributed by atoms with Gasteiger partial charge in [0.1, 0.15) is 18.5 Å². The van der Waals surface area contributed by atoms with Crippen LogP contribution in [0.1, 0.15) is 19.4 Å². The summed E-state index contributed by atoms with van der Waals surface area (Å²) in [6.45, 7) is 4.70. The van der Waals surface area contributed by atoms with Crippen LogP contribution in [0.5, 0.6) is 5.75 Å². The van der Waals surface area contributed by atoms with Crippen molar-refractivity contribution in [2.24, 2.45) is 0 Å². The van der Waals surface area contributed by atoms with Gasteiger partial charge in [-0.1, -0.05) is 63.7 Å². The van der Waals surface area contributed by atoms with Crippen molar-refractivity contribution in [1.82, 2.24) is 5.32 Å². The van der Waals surface area contributed by atoms with Crippen LogP contribution in [0.4, 0.5) is 0 Å². The van der Waals surface area contributed by atoms with E-state index in [0.717, 1.165) is 27.5 Å². The molecule has 1 aromatic rings. The third-order valence-electron chi connectivity index (χ3n) is 2.82. The molecule has 0 heterocycles. The summed E-state index contributed by atoms with van der Waals surface area (Å²) in [5.41, 5.74) is 1.11. The molecule has 2 N–H and O–H groups in total. The second kappa shape index (κ2) is 9.99. The van der Waals surface area contributed by atoms with Crippen molar-refractivity contribution in [1.29, 1.82) is 0 Å². The second-order valence-corrected chi connectivity index (χ2v) is 10.4. The van der Waals surface area contributed by atoms with Crippen LogP contribution in [-0.4, -0.2) is 39.0 Å². The topological polar surface area (TPSA) is 41.5 Å². The molecular weight excluding hydrogens is 546 g/mol. The highest BCUT2D eigenvalue weighted by Crippen LogP contribution is 2.26. The smallest absolute Gasteiger partial charge is 0.122 e. The van der Waals surface area contributed by atoms with Crippen molar-refractivity contribution < 1.29 is 9.84 Å². The highest BCUT2D eigenvalue weighted by molar-refractivity contribution is 9.12. The van der Waals surface area contributed by atoms with E-state index >= 15 is 0 Å². The molecule has 0 saturated carbocycles. The van der Waals surface area contributed by atoms with Gasteiger partial charge in [0.2, 0.25) is 0 Å². The summed E-state index contributed by atoms with van der Waals surface area (Å²) in [5.74, 6) is 0.811. The summed E-state index contributed by atoms with van der Waals surface area (Å²) < 4.78 is 6.62. The Bertz CT molecular complexity index is 465. The SMILES string of the molecule is CC(C)(Br)NCC(O)COc1ccc(Br)cc1CC(Br)CBr. The average molecular weight is 567 g/mol. The molecule has 2 unspecified atom stereocenters. The Balaban J connectivity index is 2.61. The highest BCUT2D eigenvalue weighted by Gasteiger charge is 2.15. The average Bonchev–Trinajstić information content (AvgIpc) is 2.43. The van der Waals surface area contributed by atoms with Crippen LogP contribution in [0.2, 0.25) is 0 Å². The summed E-state index contributed by atoms with van der Waals surface area (Å²) >= 11 is 14.0. The zero-order chi connectivity index (χ0) is 16.8. The Kier molecular flexibility index (Phi) is 9.49. The minimum absolute atomic E-state index is 0.199. The molecule has 0 aliphatic heterocycles. The summed E-state index contributed by atoms with van der Waals surface area (Å²) in [6.07, 6.45) is 0.285. The van der Waals surface area contributed by atoms with Crippen LogP contribution in [-0.2, 0) is 6.42 Å². The van der Waals surface area contributed by atoms with E-state index in [9.17, 15) is 5.11 Å². The molecule has 7 heteroatoms. The first-order chi connectivity index (χ1) is 10.2. The molecular formula is C15H21Br4NO2. The predicted molar refractivity (Wildman–Crippen MR) is 107 cm³/mol. The first kappa shape index (κ1) is 20.9. The van der Waals surface area contributed by atoms with Crippen molar-refractivity contribution in [3.8, 4) is 5.75 Å². The van der Waals surface area contributed by atoms with Gasteiger partial charge in [-0.2, -0.15) is 0 Å². The number of aliphatic hydroxyl groups is 1. The van der Waals surface area contributed by atoms with E-state index < -0.39 is 6.10 Å². The van der Waals surface area contributed by atoms with Crippen LogP contribution in [0.25, 0.3) is 0 Å². The number of aliphatic hydroxyl groups excluding tert-OH is 1. The van der Waals surface area contributed by atoms with Crippen LogP contribution in [0.3, 0.4) is 0 Å². The number of hydrogen-bond donors (Lipinski definition) is 2. The van der Waals surface area contributed by atoms with E-state index in [0.29, 0.717) is 11.4 Å². The van der Waals surface area contributed by atoms with Crippen LogP contribution < -0.4 is 10.1 Å². The third kappa shape index (κ3) is 8.64. The van der Waals surface area contributed by atoms with Crippen molar-refractivity contribution in [3.63, 3.8) is 0 Å². The molecule has 22 heavy (non-hydrogen) atoms. The standard InChI is InChI=1S/C15H21Br4NO2/c1-15(2,19)20-8-13(21)9-22-14-4-3-11(17)5-10(14)6-12(18)7-16/h3-5,12-13,20-21H,6-9H2,1-2H3. The zero-order valence-corrected chi connectivity index (χ0v) is 18.9. The summed E-state index contributed by atoms with van der Waals surface area (Å²) in [7, 11) is 0. The fourth-order valence-electron chi connectivity index (χ4n) is 1.75. The number of hydrogen-bond acceptors (Lipinski definition) is 3. The van der Waals surface area contributed by atoms with Gasteiger partial charge in [0, 0.05) is 21.2 Å². The Morgan fingerprint density at radius 2 is 2.05 bits per heavy atom.